The van der Waals surface area contributed by atoms with Crippen molar-refractivity contribution in [3.63, 3.8) is 0 Å². The van der Waals surface area contributed by atoms with Crippen LogP contribution >= 0.6 is 11.3 Å². The van der Waals surface area contributed by atoms with Gasteiger partial charge >= 0.3 is 0 Å². The van der Waals surface area contributed by atoms with Crippen LogP contribution in [0.15, 0.2) is 55.2 Å². The fourth-order valence-corrected chi connectivity index (χ4v) is 6.30. The Balaban J connectivity index is 1.20. The van der Waals surface area contributed by atoms with E-state index < -0.39 is 0 Å². The average Bonchev–Trinajstić information content (AvgIpc) is 3.74. The summed E-state index contributed by atoms with van der Waals surface area (Å²) >= 11 is 1.74. The lowest BCUT2D eigenvalue weighted by molar-refractivity contribution is 0.489. The molecule has 0 amide bonds. The van der Waals surface area contributed by atoms with Crippen molar-refractivity contribution in [2.24, 2.45) is 5.92 Å². The second kappa shape index (κ2) is 9.74. The number of fused-ring (bicyclic) bond motifs is 2. The average molecular weight is 521 g/mol. The molecule has 0 aliphatic heterocycles. The number of aromatic nitrogens is 7. The van der Waals surface area contributed by atoms with Crippen LogP contribution in [0, 0.1) is 12.8 Å². The highest BCUT2D eigenvalue weighted by Gasteiger charge is 2.18. The number of aromatic amines is 2. The lowest BCUT2D eigenvalue weighted by atomic mass is 10.1. The van der Waals surface area contributed by atoms with Gasteiger partial charge in [-0.3, -0.25) is 20.1 Å². The molecule has 0 atom stereocenters. The molecule has 9 heteroatoms. The molecule has 190 valence electrons. The van der Waals surface area contributed by atoms with Crippen LogP contribution < -0.4 is 5.32 Å². The fourth-order valence-electron chi connectivity index (χ4n) is 5.42. The van der Waals surface area contributed by atoms with Crippen molar-refractivity contribution in [1.82, 2.24) is 40.4 Å². The van der Waals surface area contributed by atoms with Crippen molar-refractivity contribution in [2.75, 3.05) is 6.54 Å². The van der Waals surface area contributed by atoms with Gasteiger partial charge in [0.05, 0.1) is 29.1 Å². The van der Waals surface area contributed by atoms with E-state index in [9.17, 15) is 0 Å². The molecule has 6 aromatic rings. The molecular weight excluding hydrogens is 492 g/mol. The van der Waals surface area contributed by atoms with Crippen molar-refractivity contribution in [1.29, 1.82) is 0 Å². The molecule has 0 spiro atoms. The lowest BCUT2D eigenvalue weighted by Gasteiger charge is -2.11. The molecule has 3 N–H and O–H groups in total. The second-order valence-electron chi connectivity index (χ2n) is 10.1. The van der Waals surface area contributed by atoms with Crippen molar-refractivity contribution >= 4 is 33.3 Å². The SMILES string of the molecule is Cc1ccc(-c2cncc3[nH]c(-c4n[nH]c5cnc(-c6cncc(CNCC7CCCC7)c6)cc45)nc23)s1. The van der Waals surface area contributed by atoms with Gasteiger partial charge in [-0.2, -0.15) is 5.10 Å². The molecule has 0 saturated heterocycles. The molecule has 8 nitrogen and oxygen atoms in total. The highest BCUT2D eigenvalue weighted by Crippen LogP contribution is 2.34. The molecule has 0 bridgehead atoms. The molecule has 0 aromatic carbocycles. The summed E-state index contributed by atoms with van der Waals surface area (Å²) in [5.74, 6) is 1.52. The molecule has 1 saturated carbocycles. The summed E-state index contributed by atoms with van der Waals surface area (Å²) in [6.45, 7) is 4.00. The van der Waals surface area contributed by atoms with Gasteiger partial charge in [0.25, 0.3) is 0 Å². The van der Waals surface area contributed by atoms with Crippen molar-refractivity contribution in [2.45, 2.75) is 39.2 Å². The summed E-state index contributed by atoms with van der Waals surface area (Å²) in [6, 6.07) is 8.48. The first-order valence-corrected chi connectivity index (χ1v) is 13.9. The monoisotopic (exact) mass is 520 g/mol. The molecule has 6 heterocycles. The number of thiophene rings is 1. The summed E-state index contributed by atoms with van der Waals surface area (Å²) < 4.78 is 0. The number of hydrogen-bond acceptors (Lipinski definition) is 7. The number of nitrogens with one attached hydrogen (secondary N) is 3. The molecule has 6 aromatic heterocycles. The molecule has 0 radical (unpaired) electrons. The zero-order valence-corrected chi connectivity index (χ0v) is 22.0. The molecular formula is C29H28N8S. The second-order valence-corrected chi connectivity index (χ2v) is 11.4. The number of H-pyrrole nitrogens is 2. The van der Waals surface area contributed by atoms with E-state index in [-0.39, 0.29) is 0 Å². The van der Waals surface area contributed by atoms with Gasteiger partial charge in [-0.1, -0.05) is 12.8 Å². The number of rotatable bonds is 7. The molecule has 0 unspecified atom stereocenters. The Labute approximate surface area is 224 Å². The topological polar surface area (TPSA) is 108 Å². The Hall–Kier alpha value is -3.95. The van der Waals surface area contributed by atoms with Gasteiger partial charge in [-0.25, -0.2) is 4.98 Å². The third-order valence-corrected chi connectivity index (χ3v) is 8.43. The van der Waals surface area contributed by atoms with Gasteiger partial charge in [-0.15, -0.1) is 11.3 Å². The quantitative estimate of drug-likeness (QED) is 0.229. The van der Waals surface area contributed by atoms with Crippen LogP contribution in [-0.4, -0.2) is 41.7 Å². The van der Waals surface area contributed by atoms with Crippen LogP contribution in [0.3, 0.4) is 0 Å². The Morgan fingerprint density at radius 3 is 2.76 bits per heavy atom. The molecule has 38 heavy (non-hydrogen) atoms. The summed E-state index contributed by atoms with van der Waals surface area (Å²) in [4.78, 5) is 24.4. The van der Waals surface area contributed by atoms with Gasteiger partial charge < -0.3 is 10.3 Å². The third-order valence-electron chi connectivity index (χ3n) is 7.40. The molecule has 1 fully saturated rings. The Morgan fingerprint density at radius 1 is 1.00 bits per heavy atom. The Kier molecular flexibility index (Phi) is 5.94. The highest BCUT2D eigenvalue weighted by atomic mass is 32.1. The fraction of sp³-hybridized carbons (Fsp3) is 0.276. The van der Waals surface area contributed by atoms with Gasteiger partial charge in [0.15, 0.2) is 5.82 Å². The maximum absolute atomic E-state index is 4.96. The molecule has 7 rings (SSSR count). The van der Waals surface area contributed by atoms with E-state index in [1.807, 2.05) is 31.0 Å². The van der Waals surface area contributed by atoms with E-state index >= 15 is 0 Å². The van der Waals surface area contributed by atoms with Crippen LogP contribution in [0.2, 0.25) is 0 Å². The minimum atomic E-state index is 0.703. The Morgan fingerprint density at radius 2 is 1.89 bits per heavy atom. The standard InChI is InChI=1S/C29H28N8S/c1-17-6-7-26(38-17)22-14-32-15-25-27(22)35-29(34-25)28-21-9-23(33-16-24(21)36-37-28)20-8-19(12-31-13-20)11-30-10-18-4-2-3-5-18/h6-9,12-16,18,30H,2-5,10-11H2,1H3,(H,34,35)(H,36,37). The predicted molar refractivity (Wildman–Crippen MR) is 152 cm³/mol. The largest absolute Gasteiger partial charge is 0.335 e. The van der Waals surface area contributed by atoms with Gasteiger partial charge in [0, 0.05) is 51.4 Å². The maximum atomic E-state index is 4.96. The first-order chi connectivity index (χ1) is 18.7. The van der Waals surface area contributed by atoms with Crippen molar-refractivity contribution < 1.29 is 0 Å². The zero-order valence-electron chi connectivity index (χ0n) is 21.2. The van der Waals surface area contributed by atoms with Crippen LogP contribution in [-0.2, 0) is 6.54 Å². The van der Waals surface area contributed by atoms with E-state index in [1.54, 1.807) is 11.3 Å². The van der Waals surface area contributed by atoms with Crippen molar-refractivity contribution in [3.05, 3.63) is 65.7 Å². The first-order valence-electron chi connectivity index (χ1n) is 13.1. The summed E-state index contributed by atoms with van der Waals surface area (Å²) in [5, 5.41) is 12.3. The van der Waals surface area contributed by atoms with Gasteiger partial charge in [0.2, 0.25) is 0 Å². The van der Waals surface area contributed by atoms with Crippen LogP contribution in [0.25, 0.3) is 55.2 Å². The lowest BCUT2D eigenvalue weighted by Crippen LogP contribution is -2.20. The Bertz CT molecular complexity index is 1740. The van der Waals surface area contributed by atoms with E-state index in [2.05, 4.69) is 61.7 Å². The normalized spacial score (nSPS) is 14.2. The highest BCUT2D eigenvalue weighted by molar-refractivity contribution is 7.15. The van der Waals surface area contributed by atoms with E-state index in [4.69, 9.17) is 9.97 Å². The zero-order chi connectivity index (χ0) is 25.5. The van der Waals surface area contributed by atoms with E-state index in [0.717, 1.165) is 73.9 Å². The molecule has 1 aliphatic rings. The number of pyridine rings is 3. The van der Waals surface area contributed by atoms with Crippen LogP contribution in [0.4, 0.5) is 0 Å². The third kappa shape index (κ3) is 4.37. The van der Waals surface area contributed by atoms with Crippen molar-refractivity contribution in [3.8, 4) is 33.2 Å². The van der Waals surface area contributed by atoms with E-state index in [0.29, 0.717) is 5.82 Å². The number of nitrogens with zero attached hydrogens (tertiary/aromatic N) is 5. The minimum absolute atomic E-state index is 0.703. The smallest absolute Gasteiger partial charge is 0.159 e. The van der Waals surface area contributed by atoms with Crippen LogP contribution in [0.1, 0.15) is 36.1 Å². The maximum Gasteiger partial charge on any atom is 0.159 e. The minimum Gasteiger partial charge on any atom is -0.335 e. The van der Waals surface area contributed by atoms with Gasteiger partial charge in [0.1, 0.15) is 11.2 Å². The summed E-state index contributed by atoms with van der Waals surface area (Å²) in [6.07, 6.45) is 14.8. The van der Waals surface area contributed by atoms with E-state index in [1.165, 1.54) is 30.6 Å². The van der Waals surface area contributed by atoms with Gasteiger partial charge in [-0.05, 0) is 62.1 Å². The summed E-state index contributed by atoms with van der Waals surface area (Å²) in [7, 11) is 0. The summed E-state index contributed by atoms with van der Waals surface area (Å²) in [5.41, 5.74) is 7.43. The molecule has 1 aliphatic carbocycles. The number of imidazole rings is 1. The van der Waals surface area contributed by atoms with Crippen LogP contribution in [0.5, 0.6) is 0 Å². The number of hydrogen-bond donors (Lipinski definition) is 3. The first kappa shape index (κ1) is 23.2. The number of aryl methyl sites for hydroxylation is 1. The predicted octanol–water partition coefficient (Wildman–Crippen LogP) is 6.27.